The van der Waals surface area contributed by atoms with Crippen molar-refractivity contribution in [3.05, 3.63) is 0 Å². The molecule has 1 aliphatic rings. The average Bonchev–Trinajstić information content (AvgIpc) is 2.35. The second kappa shape index (κ2) is 5.81. The summed E-state index contributed by atoms with van der Waals surface area (Å²) in [6.07, 6.45) is -0.240. The first kappa shape index (κ1) is 15.1. The quantitative estimate of drug-likeness (QED) is 0.648. The number of carboxylic acid groups (broad SMARTS) is 2. The number of ketones is 1. The zero-order valence-electron chi connectivity index (χ0n) is 10.8. The van der Waals surface area contributed by atoms with Gasteiger partial charge in [-0.2, -0.15) is 0 Å². The van der Waals surface area contributed by atoms with Crippen LogP contribution in [0.25, 0.3) is 0 Å². The van der Waals surface area contributed by atoms with Gasteiger partial charge >= 0.3 is 11.9 Å². The SMILES string of the molecule is CNC(=O)C1CC(C(C)=O)C(C(=O)O)CC1C(=O)O. The highest BCUT2D eigenvalue weighted by atomic mass is 16.4. The summed E-state index contributed by atoms with van der Waals surface area (Å²) < 4.78 is 0. The predicted octanol–water partition coefficient (Wildman–Crippen LogP) is -0.251. The number of hydrogen-bond acceptors (Lipinski definition) is 4. The smallest absolute Gasteiger partial charge is 0.307 e. The summed E-state index contributed by atoms with van der Waals surface area (Å²) in [6, 6.07) is 0. The highest BCUT2D eigenvalue weighted by Gasteiger charge is 2.47. The molecular formula is C12H17NO6. The molecule has 0 aromatic heterocycles. The fourth-order valence-corrected chi connectivity index (χ4v) is 2.67. The minimum absolute atomic E-state index is 0.0387. The van der Waals surface area contributed by atoms with Crippen LogP contribution in [0.15, 0.2) is 0 Å². The number of aliphatic carboxylic acids is 2. The van der Waals surface area contributed by atoms with Gasteiger partial charge in [0, 0.05) is 13.0 Å². The lowest BCUT2D eigenvalue weighted by Crippen LogP contribution is -2.46. The van der Waals surface area contributed by atoms with Crippen LogP contribution in [0, 0.1) is 23.7 Å². The Labute approximate surface area is 110 Å². The molecule has 0 heterocycles. The van der Waals surface area contributed by atoms with Gasteiger partial charge in [0.2, 0.25) is 5.91 Å². The second-order valence-electron chi connectivity index (χ2n) is 4.80. The number of Topliss-reactive ketones (excluding diaryl/α,β-unsaturated/α-hetero) is 1. The van der Waals surface area contributed by atoms with E-state index in [9.17, 15) is 19.2 Å². The summed E-state index contributed by atoms with van der Waals surface area (Å²) in [5.41, 5.74) is 0. The highest BCUT2D eigenvalue weighted by molar-refractivity contribution is 5.89. The molecule has 0 radical (unpaired) electrons. The number of nitrogens with one attached hydrogen (secondary N) is 1. The summed E-state index contributed by atoms with van der Waals surface area (Å²) in [5.74, 6) is -6.99. The Hall–Kier alpha value is -1.92. The molecule has 1 rings (SSSR count). The molecule has 1 aliphatic carbocycles. The van der Waals surface area contributed by atoms with E-state index in [1.54, 1.807) is 0 Å². The van der Waals surface area contributed by atoms with E-state index in [2.05, 4.69) is 5.32 Å². The maximum atomic E-state index is 11.7. The number of hydrogen-bond donors (Lipinski definition) is 3. The molecule has 0 aromatic carbocycles. The summed E-state index contributed by atoms with van der Waals surface area (Å²) in [7, 11) is 1.38. The van der Waals surface area contributed by atoms with E-state index < -0.39 is 41.5 Å². The molecule has 0 aliphatic heterocycles. The van der Waals surface area contributed by atoms with Crippen LogP contribution in [0.3, 0.4) is 0 Å². The van der Waals surface area contributed by atoms with E-state index in [1.807, 2.05) is 0 Å². The largest absolute Gasteiger partial charge is 0.481 e. The summed E-state index contributed by atoms with van der Waals surface area (Å²) in [5, 5.41) is 20.6. The monoisotopic (exact) mass is 271 g/mol. The Bertz CT molecular complexity index is 418. The van der Waals surface area contributed by atoms with Gasteiger partial charge in [-0.25, -0.2) is 0 Å². The first-order valence-corrected chi connectivity index (χ1v) is 5.97. The molecule has 1 fully saturated rings. The van der Waals surface area contributed by atoms with Gasteiger partial charge in [-0.05, 0) is 19.8 Å². The Morgan fingerprint density at radius 3 is 1.68 bits per heavy atom. The van der Waals surface area contributed by atoms with E-state index in [0.29, 0.717) is 0 Å². The number of carbonyl (C=O) groups is 4. The van der Waals surface area contributed by atoms with Crippen molar-refractivity contribution in [3.63, 3.8) is 0 Å². The molecule has 1 amide bonds. The molecule has 3 N–H and O–H groups in total. The normalized spacial score (nSPS) is 30.4. The van der Waals surface area contributed by atoms with Gasteiger partial charge < -0.3 is 15.5 Å². The minimum Gasteiger partial charge on any atom is -0.481 e. The van der Waals surface area contributed by atoms with Gasteiger partial charge in [0.25, 0.3) is 0 Å². The number of rotatable bonds is 4. The maximum Gasteiger partial charge on any atom is 0.307 e. The molecule has 19 heavy (non-hydrogen) atoms. The van der Waals surface area contributed by atoms with Gasteiger partial charge in [-0.1, -0.05) is 0 Å². The van der Waals surface area contributed by atoms with Crippen LogP contribution in [0.2, 0.25) is 0 Å². The summed E-state index contributed by atoms with van der Waals surface area (Å²) >= 11 is 0. The Morgan fingerprint density at radius 2 is 1.32 bits per heavy atom. The fourth-order valence-electron chi connectivity index (χ4n) is 2.67. The van der Waals surface area contributed by atoms with Crippen LogP contribution in [0.1, 0.15) is 19.8 Å². The third-order valence-corrected chi connectivity index (χ3v) is 3.73. The number of carboxylic acids is 2. The topological polar surface area (TPSA) is 121 Å². The van der Waals surface area contributed by atoms with Crippen molar-refractivity contribution in [2.24, 2.45) is 23.7 Å². The Morgan fingerprint density at radius 1 is 0.895 bits per heavy atom. The molecular weight excluding hydrogens is 254 g/mol. The Kier molecular flexibility index (Phi) is 4.63. The molecule has 4 unspecified atom stereocenters. The van der Waals surface area contributed by atoms with Crippen LogP contribution in [0.4, 0.5) is 0 Å². The van der Waals surface area contributed by atoms with Gasteiger partial charge in [0.1, 0.15) is 5.78 Å². The van der Waals surface area contributed by atoms with Crippen molar-refractivity contribution in [1.82, 2.24) is 5.32 Å². The van der Waals surface area contributed by atoms with E-state index in [-0.39, 0.29) is 18.6 Å². The third kappa shape index (κ3) is 3.10. The zero-order chi connectivity index (χ0) is 14.7. The second-order valence-corrected chi connectivity index (χ2v) is 4.80. The minimum atomic E-state index is -1.21. The van der Waals surface area contributed by atoms with E-state index in [4.69, 9.17) is 10.2 Å². The van der Waals surface area contributed by atoms with Gasteiger partial charge in [0.05, 0.1) is 17.8 Å². The zero-order valence-corrected chi connectivity index (χ0v) is 10.8. The maximum absolute atomic E-state index is 11.7. The molecule has 106 valence electrons. The van der Waals surface area contributed by atoms with E-state index >= 15 is 0 Å². The van der Waals surface area contributed by atoms with Crippen molar-refractivity contribution in [1.29, 1.82) is 0 Å². The molecule has 1 saturated carbocycles. The fraction of sp³-hybridized carbons (Fsp3) is 0.667. The van der Waals surface area contributed by atoms with Crippen molar-refractivity contribution in [2.75, 3.05) is 7.05 Å². The molecule has 0 spiro atoms. The molecule has 4 atom stereocenters. The summed E-state index contributed by atoms with van der Waals surface area (Å²) in [4.78, 5) is 45.5. The first-order valence-electron chi connectivity index (χ1n) is 5.97. The van der Waals surface area contributed by atoms with Gasteiger partial charge in [0.15, 0.2) is 0 Å². The predicted molar refractivity (Wildman–Crippen MR) is 63.2 cm³/mol. The third-order valence-electron chi connectivity index (χ3n) is 3.73. The summed E-state index contributed by atoms with van der Waals surface area (Å²) in [6.45, 7) is 1.27. The van der Waals surface area contributed by atoms with Crippen LogP contribution in [0.5, 0.6) is 0 Å². The van der Waals surface area contributed by atoms with Crippen molar-refractivity contribution < 1.29 is 29.4 Å². The highest BCUT2D eigenvalue weighted by Crippen LogP contribution is 2.39. The van der Waals surface area contributed by atoms with Crippen LogP contribution in [-0.2, 0) is 19.2 Å². The van der Waals surface area contributed by atoms with Crippen LogP contribution < -0.4 is 5.32 Å². The van der Waals surface area contributed by atoms with Gasteiger partial charge in [-0.15, -0.1) is 0 Å². The molecule has 7 heteroatoms. The Balaban J connectivity index is 3.07. The van der Waals surface area contributed by atoms with Crippen molar-refractivity contribution in [3.8, 4) is 0 Å². The lowest BCUT2D eigenvalue weighted by atomic mass is 9.66. The lowest BCUT2D eigenvalue weighted by Gasteiger charge is -2.35. The molecule has 0 aromatic rings. The van der Waals surface area contributed by atoms with Crippen molar-refractivity contribution in [2.45, 2.75) is 19.8 Å². The number of amides is 1. The number of carbonyl (C=O) groups excluding carboxylic acids is 2. The lowest BCUT2D eigenvalue weighted by molar-refractivity contribution is -0.158. The van der Waals surface area contributed by atoms with Crippen LogP contribution >= 0.6 is 0 Å². The van der Waals surface area contributed by atoms with Crippen molar-refractivity contribution >= 4 is 23.6 Å². The first-order chi connectivity index (χ1) is 8.79. The van der Waals surface area contributed by atoms with Gasteiger partial charge in [-0.3, -0.25) is 19.2 Å². The van der Waals surface area contributed by atoms with Crippen LogP contribution in [-0.4, -0.2) is 40.9 Å². The molecule has 0 bridgehead atoms. The standard InChI is InChI=1S/C12H17NO6/c1-5(14)6-3-7(10(15)13-2)9(12(18)19)4-8(6)11(16)17/h6-9H,3-4H2,1-2H3,(H,13,15)(H,16,17)(H,18,19). The molecule has 7 nitrogen and oxygen atoms in total. The average molecular weight is 271 g/mol. The van der Waals surface area contributed by atoms with E-state index in [0.717, 1.165) is 0 Å². The van der Waals surface area contributed by atoms with E-state index in [1.165, 1.54) is 14.0 Å². The molecule has 0 saturated heterocycles.